The van der Waals surface area contributed by atoms with Gasteiger partial charge >= 0.3 is 0 Å². The Kier molecular flexibility index (Phi) is 7.20. The van der Waals surface area contributed by atoms with E-state index in [0.717, 1.165) is 60.9 Å². The molecule has 0 unspecified atom stereocenters. The summed E-state index contributed by atoms with van der Waals surface area (Å²) >= 11 is 0. The normalized spacial score (nSPS) is 20.4. The Morgan fingerprint density at radius 2 is 1.76 bits per heavy atom. The summed E-state index contributed by atoms with van der Waals surface area (Å²) in [7, 11) is -2.84. The number of sulfone groups is 1. The zero-order chi connectivity index (χ0) is 25.9. The molecule has 0 radical (unpaired) electrons. The predicted molar refractivity (Wildman–Crippen MR) is 146 cm³/mol. The summed E-state index contributed by atoms with van der Waals surface area (Å²) in [5.41, 5.74) is 3.87. The molecule has 37 heavy (non-hydrogen) atoms. The van der Waals surface area contributed by atoms with Gasteiger partial charge in [0, 0.05) is 37.9 Å². The number of fused-ring (bicyclic) bond motifs is 1. The number of nitriles is 1. The number of hydrogen-bond acceptors (Lipinski definition) is 6. The van der Waals surface area contributed by atoms with Gasteiger partial charge in [-0.3, -0.25) is 4.79 Å². The molecule has 0 atom stereocenters. The van der Waals surface area contributed by atoms with Gasteiger partial charge in [-0.05, 0) is 55.5 Å². The van der Waals surface area contributed by atoms with E-state index in [9.17, 15) is 13.2 Å². The lowest BCUT2D eigenvalue weighted by Gasteiger charge is -2.28. The van der Waals surface area contributed by atoms with Crippen LogP contribution in [0.2, 0.25) is 0 Å². The topological polar surface area (TPSA) is 108 Å². The van der Waals surface area contributed by atoms with Crippen molar-refractivity contribution in [3.8, 4) is 17.2 Å². The number of nitrogens with zero attached hydrogens (tertiary/aromatic N) is 4. The van der Waals surface area contributed by atoms with Crippen LogP contribution in [0.25, 0.3) is 16.6 Å². The van der Waals surface area contributed by atoms with E-state index in [4.69, 9.17) is 5.26 Å². The molecule has 8 nitrogen and oxygen atoms in total. The van der Waals surface area contributed by atoms with Gasteiger partial charge < -0.3 is 10.2 Å². The minimum atomic E-state index is -2.84. The maximum absolute atomic E-state index is 11.8. The van der Waals surface area contributed by atoms with E-state index >= 15 is 0 Å². The lowest BCUT2D eigenvalue weighted by Crippen LogP contribution is -2.40. The molecule has 3 aliphatic rings. The first-order chi connectivity index (χ1) is 17.9. The zero-order valence-corrected chi connectivity index (χ0v) is 21.8. The van der Waals surface area contributed by atoms with Crippen molar-refractivity contribution in [2.24, 2.45) is 5.92 Å². The van der Waals surface area contributed by atoms with Gasteiger partial charge in [0.1, 0.15) is 5.54 Å². The second-order valence-electron chi connectivity index (χ2n) is 10.3. The smallest absolute Gasteiger partial charge is 0.224 e. The molecule has 1 aromatic carbocycles. The van der Waals surface area contributed by atoms with Crippen molar-refractivity contribution in [3.05, 3.63) is 54.9 Å². The third-order valence-electron chi connectivity index (χ3n) is 7.62. The van der Waals surface area contributed by atoms with Gasteiger partial charge in [0.2, 0.25) is 5.91 Å². The molecule has 3 fully saturated rings. The van der Waals surface area contributed by atoms with Gasteiger partial charge in [0.25, 0.3) is 0 Å². The van der Waals surface area contributed by atoms with Gasteiger partial charge in [-0.1, -0.05) is 37.5 Å². The number of rotatable bonds is 4. The molecule has 6 rings (SSSR count). The van der Waals surface area contributed by atoms with E-state index in [1.54, 1.807) is 0 Å². The molecule has 1 aliphatic heterocycles. The number of carbonyl (C=O) groups excluding carboxylic acids is 1. The minimum Gasteiger partial charge on any atom is -0.369 e. The van der Waals surface area contributed by atoms with Crippen molar-refractivity contribution in [2.75, 3.05) is 29.5 Å². The molecular formula is C28H35N5O3S. The zero-order valence-electron chi connectivity index (χ0n) is 21.0. The Morgan fingerprint density at radius 1 is 1.05 bits per heavy atom. The van der Waals surface area contributed by atoms with E-state index in [1.165, 1.54) is 6.42 Å². The van der Waals surface area contributed by atoms with Crippen molar-refractivity contribution in [3.63, 3.8) is 0 Å². The Bertz CT molecular complexity index is 1390. The van der Waals surface area contributed by atoms with Gasteiger partial charge in [-0.2, -0.15) is 10.4 Å². The van der Waals surface area contributed by atoms with E-state index < -0.39 is 15.4 Å². The summed E-state index contributed by atoms with van der Waals surface area (Å²) in [4.78, 5) is 13.9. The number of amides is 1. The van der Waals surface area contributed by atoms with Crippen LogP contribution >= 0.6 is 0 Å². The fourth-order valence-electron chi connectivity index (χ4n) is 5.07. The van der Waals surface area contributed by atoms with Crippen LogP contribution in [-0.2, 0) is 14.6 Å². The molecule has 1 saturated heterocycles. The largest absolute Gasteiger partial charge is 0.369 e. The quantitative estimate of drug-likeness (QED) is 0.551. The van der Waals surface area contributed by atoms with Crippen LogP contribution in [0.4, 0.5) is 5.69 Å². The Hall–Kier alpha value is -3.38. The van der Waals surface area contributed by atoms with Crippen molar-refractivity contribution >= 4 is 26.9 Å². The van der Waals surface area contributed by atoms with Gasteiger partial charge in [0.05, 0.1) is 29.3 Å². The molecule has 1 N–H and O–H groups in total. The Labute approximate surface area is 219 Å². The van der Waals surface area contributed by atoms with Gasteiger partial charge in [-0.25, -0.2) is 12.9 Å². The van der Waals surface area contributed by atoms with Crippen molar-refractivity contribution in [1.82, 2.24) is 14.9 Å². The number of benzene rings is 1. The number of pyridine rings is 1. The number of hydrogen-bond donors (Lipinski definition) is 1. The highest BCUT2D eigenvalue weighted by molar-refractivity contribution is 7.91. The summed E-state index contributed by atoms with van der Waals surface area (Å²) in [6, 6.07) is 16.5. The maximum Gasteiger partial charge on any atom is 0.224 e. The fraction of sp³-hybridized carbons (Fsp3) is 0.464. The highest BCUT2D eigenvalue weighted by Crippen LogP contribution is 2.35. The van der Waals surface area contributed by atoms with Gasteiger partial charge in [0.15, 0.2) is 9.84 Å². The molecule has 2 aliphatic carbocycles. The highest BCUT2D eigenvalue weighted by atomic mass is 32.2. The van der Waals surface area contributed by atoms with Crippen LogP contribution in [0.15, 0.2) is 54.9 Å². The second kappa shape index (κ2) is 10.5. The van der Waals surface area contributed by atoms with Crippen LogP contribution in [0.1, 0.15) is 46.4 Å². The first kappa shape index (κ1) is 25.3. The lowest BCUT2D eigenvalue weighted by atomic mass is 9.88. The molecule has 0 bridgehead atoms. The van der Waals surface area contributed by atoms with Crippen molar-refractivity contribution < 1.29 is 14.6 Å². The monoisotopic (exact) mass is 521 g/mol. The number of anilines is 1. The molecule has 3 aromatic rings. The first-order valence-electron chi connectivity index (χ1n) is 13.1. The minimum absolute atomic E-state index is 0. The summed E-state index contributed by atoms with van der Waals surface area (Å²) < 4.78 is 24.9. The maximum atomic E-state index is 11.8. The summed E-state index contributed by atoms with van der Waals surface area (Å²) in [5, 5.41) is 16.1. The molecule has 3 heterocycles. The summed E-state index contributed by atoms with van der Waals surface area (Å²) in [5.74, 6) is 0.768. The molecule has 2 aromatic heterocycles. The van der Waals surface area contributed by atoms with E-state index in [-0.39, 0.29) is 24.8 Å². The number of carbonyl (C=O) groups is 1. The molecule has 9 heteroatoms. The molecule has 196 valence electrons. The molecular weight excluding hydrogens is 486 g/mol. The Morgan fingerprint density at radius 3 is 2.41 bits per heavy atom. The third kappa shape index (κ3) is 5.96. The van der Waals surface area contributed by atoms with E-state index in [0.29, 0.717) is 13.1 Å². The molecule has 1 amide bonds. The van der Waals surface area contributed by atoms with Crippen LogP contribution in [0.3, 0.4) is 0 Å². The lowest BCUT2D eigenvalue weighted by molar-refractivity contribution is -0.126. The van der Waals surface area contributed by atoms with Crippen LogP contribution in [0, 0.1) is 17.2 Å². The first-order valence-corrected chi connectivity index (χ1v) is 14.9. The van der Waals surface area contributed by atoms with Crippen molar-refractivity contribution in [1.29, 1.82) is 5.26 Å². The average Bonchev–Trinajstić information content (AvgIpc) is 3.57. The summed E-state index contributed by atoms with van der Waals surface area (Å²) in [6.07, 6.45) is 11.1. The Balaban J connectivity index is 0.000000193. The number of nitrogens with one attached hydrogen (secondary N) is 1. The van der Waals surface area contributed by atoms with E-state index in [2.05, 4.69) is 45.7 Å². The van der Waals surface area contributed by atoms with Crippen LogP contribution < -0.4 is 10.2 Å². The highest BCUT2D eigenvalue weighted by Gasteiger charge is 2.45. The summed E-state index contributed by atoms with van der Waals surface area (Å²) in [6.45, 7) is 1.14. The average molecular weight is 522 g/mol. The standard InChI is InChI=1S/C17H17N3O2S.C11H16N2O.H2/c21-23(22)11-9-19(10-12-23)15-6-4-14(5-7-15)16-13-18-20-8-2-1-3-17(16)20;12-8-11(6-7-11)13-10(14)9-4-2-1-3-5-9;/h1-8,13H,9-12H2;9H,1-7H2,(H,13,14);1H. The third-order valence-corrected chi connectivity index (χ3v) is 9.23. The van der Waals surface area contributed by atoms with Crippen LogP contribution in [0.5, 0.6) is 0 Å². The molecule has 2 saturated carbocycles. The SMILES string of the molecule is N#CC1(NC(=O)C2CCCCC2)CC1.O=S1(=O)CCN(c2ccc(-c3cnn4ccccc34)cc2)CC1.[HH]. The van der Waals surface area contributed by atoms with Crippen LogP contribution in [-0.4, -0.2) is 54.1 Å². The number of aromatic nitrogens is 2. The predicted octanol–water partition coefficient (Wildman–Crippen LogP) is 4.22. The van der Waals surface area contributed by atoms with Gasteiger partial charge in [-0.15, -0.1) is 0 Å². The second-order valence-corrected chi connectivity index (χ2v) is 12.6. The van der Waals surface area contributed by atoms with Crippen molar-refractivity contribution in [2.45, 2.75) is 50.5 Å². The fourth-order valence-corrected chi connectivity index (χ4v) is 6.27. The van der Waals surface area contributed by atoms with E-state index in [1.807, 2.05) is 35.1 Å². The molecule has 0 spiro atoms.